The first kappa shape index (κ1) is 24.9. The highest BCUT2D eigenvalue weighted by Crippen LogP contribution is 2.42. The smallest absolute Gasteiger partial charge is 0.250 e. The van der Waals surface area contributed by atoms with E-state index in [2.05, 4.69) is 61.1 Å². The van der Waals surface area contributed by atoms with Gasteiger partial charge >= 0.3 is 0 Å². The van der Waals surface area contributed by atoms with Gasteiger partial charge < -0.3 is 11.1 Å². The molecule has 0 bridgehead atoms. The lowest BCUT2D eigenvalue weighted by molar-refractivity contribution is 0.00518. The lowest BCUT2D eigenvalue weighted by Crippen LogP contribution is -2.34. The molecular weight excluding hydrogens is 486 g/mol. The molecule has 0 aliphatic heterocycles. The average Bonchev–Trinajstić information content (AvgIpc) is 3.67. The summed E-state index contributed by atoms with van der Waals surface area (Å²) in [6, 6.07) is 12.8. The summed E-state index contributed by atoms with van der Waals surface area (Å²) in [5.41, 5.74) is 10.7. The number of fused-ring (bicyclic) bond motifs is 1. The van der Waals surface area contributed by atoms with Gasteiger partial charge in [0, 0.05) is 31.0 Å². The maximum absolute atomic E-state index is 13.9. The summed E-state index contributed by atoms with van der Waals surface area (Å²) in [6.45, 7) is 0.805. The van der Waals surface area contributed by atoms with Gasteiger partial charge in [0.15, 0.2) is 5.65 Å². The van der Waals surface area contributed by atoms with Gasteiger partial charge in [0.2, 0.25) is 5.92 Å². The number of halogens is 2. The van der Waals surface area contributed by atoms with Crippen LogP contribution in [0.15, 0.2) is 48.8 Å². The summed E-state index contributed by atoms with van der Waals surface area (Å²) in [5, 5.41) is 19.3. The van der Waals surface area contributed by atoms with Crippen molar-refractivity contribution in [3.8, 4) is 0 Å². The molecule has 0 saturated heterocycles. The lowest BCUT2D eigenvalue weighted by Gasteiger charge is -2.30. The molecule has 0 amide bonds. The third-order valence-electron chi connectivity index (χ3n) is 8.36. The minimum Gasteiger partial charge on any atom is -0.384 e. The molecule has 1 aromatic carbocycles. The van der Waals surface area contributed by atoms with Crippen LogP contribution in [-0.2, 0) is 0 Å². The molecule has 8 nitrogen and oxygen atoms in total. The molecule has 2 aliphatic rings. The maximum Gasteiger partial charge on any atom is 0.250 e. The fraction of sp³-hybridized carbons (Fsp3) is 0.500. The number of nitrogen functional groups attached to an aromatic ring is 1. The number of alkyl halides is 2. The second-order valence-corrected chi connectivity index (χ2v) is 10.9. The molecule has 2 aliphatic carbocycles. The highest BCUT2D eigenvalue weighted by molar-refractivity contribution is 5.77. The number of nitrogens with one attached hydrogen (secondary N) is 2. The zero-order chi connectivity index (χ0) is 26.1. The van der Waals surface area contributed by atoms with Gasteiger partial charge in [-0.25, -0.2) is 18.9 Å². The van der Waals surface area contributed by atoms with Crippen molar-refractivity contribution in [3.63, 3.8) is 0 Å². The van der Waals surface area contributed by atoms with E-state index in [4.69, 9.17) is 5.73 Å². The first-order valence-electron chi connectivity index (χ1n) is 13.6. The maximum atomic E-state index is 13.9. The minimum absolute atomic E-state index is 0.0725. The fourth-order valence-corrected chi connectivity index (χ4v) is 6.32. The second kappa shape index (κ2) is 10.4. The van der Waals surface area contributed by atoms with Gasteiger partial charge in [-0.3, -0.25) is 4.68 Å². The van der Waals surface area contributed by atoms with E-state index >= 15 is 0 Å². The number of nitrogens with two attached hydrogens (primary N) is 1. The van der Waals surface area contributed by atoms with Crippen LogP contribution < -0.4 is 11.1 Å². The number of anilines is 1. The van der Waals surface area contributed by atoms with Gasteiger partial charge in [-0.2, -0.15) is 5.10 Å². The van der Waals surface area contributed by atoms with Crippen molar-refractivity contribution in [1.82, 2.24) is 35.5 Å². The number of aromatic amines is 1. The summed E-state index contributed by atoms with van der Waals surface area (Å²) in [4.78, 5) is 4.32. The van der Waals surface area contributed by atoms with Gasteiger partial charge in [0.25, 0.3) is 0 Å². The van der Waals surface area contributed by atoms with E-state index in [1.165, 1.54) is 18.4 Å². The molecule has 2 unspecified atom stereocenters. The van der Waals surface area contributed by atoms with Gasteiger partial charge in [0.1, 0.15) is 11.3 Å². The van der Waals surface area contributed by atoms with E-state index in [0.717, 1.165) is 36.9 Å². The van der Waals surface area contributed by atoms with E-state index in [9.17, 15) is 8.78 Å². The molecule has 6 rings (SSSR count). The van der Waals surface area contributed by atoms with Gasteiger partial charge in [-0.1, -0.05) is 35.5 Å². The number of nitrogens with zero attached hydrogens (tertiary/aromatic N) is 5. The first-order valence-corrected chi connectivity index (χ1v) is 13.6. The van der Waals surface area contributed by atoms with E-state index in [-0.39, 0.29) is 24.8 Å². The van der Waals surface area contributed by atoms with Crippen molar-refractivity contribution in [1.29, 1.82) is 0 Å². The predicted molar refractivity (Wildman–Crippen MR) is 142 cm³/mol. The number of pyridine rings is 1. The summed E-state index contributed by atoms with van der Waals surface area (Å²) >= 11 is 0. The van der Waals surface area contributed by atoms with E-state index in [1.807, 2.05) is 12.3 Å². The van der Waals surface area contributed by atoms with Crippen molar-refractivity contribution in [3.05, 3.63) is 65.5 Å². The normalized spacial score (nSPS) is 24.1. The van der Waals surface area contributed by atoms with Crippen LogP contribution >= 0.6 is 0 Å². The topological polar surface area (TPSA) is 110 Å². The van der Waals surface area contributed by atoms with Gasteiger partial charge in [-0.05, 0) is 73.7 Å². The van der Waals surface area contributed by atoms with Crippen LogP contribution in [0.25, 0.3) is 11.2 Å². The molecule has 200 valence electrons. The fourth-order valence-electron chi connectivity index (χ4n) is 6.32. The molecular formula is C28H34F2N8. The number of H-pyrrole nitrogens is 1. The Kier molecular flexibility index (Phi) is 6.82. The number of hydrogen-bond donors (Lipinski definition) is 3. The van der Waals surface area contributed by atoms with Crippen LogP contribution in [0.4, 0.5) is 14.6 Å². The number of aromatic nitrogens is 6. The van der Waals surface area contributed by atoms with Crippen LogP contribution in [0.5, 0.6) is 0 Å². The largest absolute Gasteiger partial charge is 0.384 e. The number of benzene rings is 1. The number of rotatable bonds is 8. The van der Waals surface area contributed by atoms with Crippen molar-refractivity contribution in [2.24, 2.45) is 0 Å². The Morgan fingerprint density at radius 3 is 2.71 bits per heavy atom. The molecule has 2 saturated carbocycles. The molecule has 38 heavy (non-hydrogen) atoms. The molecule has 3 heterocycles. The summed E-state index contributed by atoms with van der Waals surface area (Å²) < 4.78 is 29.5. The SMILES string of the molecule is Nc1cc(C(CCN[C@H]2CC[C@H](c3ccccc3)CC2)c2cnn(C3CCC(F)(F)C3)c2)c2nn[nH]c2n1. The molecule has 4 N–H and O–H groups in total. The summed E-state index contributed by atoms with van der Waals surface area (Å²) in [7, 11) is 0. The van der Waals surface area contributed by atoms with Crippen molar-refractivity contribution >= 4 is 17.0 Å². The first-order chi connectivity index (χ1) is 18.4. The van der Waals surface area contributed by atoms with Crippen LogP contribution in [0.3, 0.4) is 0 Å². The third-order valence-corrected chi connectivity index (χ3v) is 8.36. The lowest BCUT2D eigenvalue weighted by atomic mass is 9.81. The Hall–Kier alpha value is -3.40. The van der Waals surface area contributed by atoms with Gasteiger partial charge in [-0.15, -0.1) is 5.10 Å². The monoisotopic (exact) mass is 520 g/mol. The number of hydrogen-bond acceptors (Lipinski definition) is 6. The molecule has 2 fully saturated rings. The Morgan fingerprint density at radius 2 is 1.95 bits per heavy atom. The van der Waals surface area contributed by atoms with Crippen LogP contribution in [0, 0.1) is 0 Å². The average molecular weight is 521 g/mol. The Bertz CT molecular complexity index is 1360. The zero-order valence-corrected chi connectivity index (χ0v) is 21.4. The zero-order valence-electron chi connectivity index (χ0n) is 21.4. The highest BCUT2D eigenvalue weighted by Gasteiger charge is 2.40. The molecule has 3 aromatic heterocycles. The van der Waals surface area contributed by atoms with E-state index in [1.54, 1.807) is 10.9 Å². The van der Waals surface area contributed by atoms with E-state index < -0.39 is 5.92 Å². The van der Waals surface area contributed by atoms with Crippen LogP contribution in [0.1, 0.15) is 85.9 Å². The van der Waals surface area contributed by atoms with Crippen molar-refractivity contribution < 1.29 is 8.78 Å². The highest BCUT2D eigenvalue weighted by atomic mass is 19.3. The molecule has 4 aromatic rings. The summed E-state index contributed by atoms with van der Waals surface area (Å²) in [5.74, 6) is -1.67. The third kappa shape index (κ3) is 5.27. The molecule has 0 radical (unpaired) electrons. The molecule has 0 spiro atoms. The standard InChI is InChI=1S/C28H34F2N8/c29-28(30)12-10-22(15-28)38-17-20(16-33-38)23(24-14-25(31)34-27-26(24)35-37-36-27)11-13-32-21-8-6-19(7-9-21)18-4-2-1-3-5-18/h1-5,14,16-17,19,21-23,32H,6-13,15H2,(H3,31,34,35,36,37)/t19-,21-,22?,23?. The van der Waals surface area contributed by atoms with Crippen molar-refractivity contribution in [2.75, 3.05) is 12.3 Å². The van der Waals surface area contributed by atoms with Crippen LogP contribution in [0.2, 0.25) is 0 Å². The Morgan fingerprint density at radius 1 is 1.13 bits per heavy atom. The second-order valence-electron chi connectivity index (χ2n) is 10.9. The van der Waals surface area contributed by atoms with Gasteiger partial charge in [0.05, 0.1) is 12.2 Å². The molecule has 10 heteroatoms. The molecule has 2 atom stereocenters. The Balaban J connectivity index is 1.17. The van der Waals surface area contributed by atoms with Crippen molar-refractivity contribution in [2.45, 2.75) is 81.2 Å². The summed E-state index contributed by atoms with van der Waals surface area (Å²) in [6.07, 6.45) is 9.35. The van der Waals surface area contributed by atoms with Crippen LogP contribution in [-0.4, -0.2) is 48.7 Å². The van der Waals surface area contributed by atoms with E-state index in [0.29, 0.717) is 35.4 Å². The quantitative estimate of drug-likeness (QED) is 0.290. The Labute approximate surface area is 220 Å². The predicted octanol–water partition coefficient (Wildman–Crippen LogP) is 5.33. The minimum atomic E-state index is -2.62.